The molecule has 0 saturated carbocycles. The molecular weight excluding hydrogens is 381 g/mol. The van der Waals surface area contributed by atoms with Crippen LogP contribution in [0.3, 0.4) is 0 Å². The number of nitrogens with zero attached hydrogens (tertiary/aromatic N) is 2. The van der Waals surface area contributed by atoms with E-state index in [0.717, 1.165) is 39.1 Å². The Bertz CT molecular complexity index is 776. The van der Waals surface area contributed by atoms with Crippen LogP contribution in [0.2, 0.25) is 10.0 Å². The van der Waals surface area contributed by atoms with Crippen LogP contribution in [-0.2, 0) is 11.3 Å². The summed E-state index contributed by atoms with van der Waals surface area (Å²) in [5.74, 6) is -0.0858. The van der Waals surface area contributed by atoms with Crippen molar-refractivity contribution in [1.82, 2.24) is 9.80 Å². The van der Waals surface area contributed by atoms with Crippen molar-refractivity contribution in [3.8, 4) is 0 Å². The Labute approximate surface area is 171 Å². The molecule has 1 amide bonds. The third-order valence-corrected chi connectivity index (χ3v) is 5.56. The molecule has 1 fully saturated rings. The van der Waals surface area contributed by atoms with Crippen molar-refractivity contribution >= 4 is 34.8 Å². The van der Waals surface area contributed by atoms with Crippen molar-refractivity contribution in [1.29, 1.82) is 0 Å². The van der Waals surface area contributed by atoms with Crippen LogP contribution >= 0.6 is 23.2 Å². The maximum Gasteiger partial charge on any atom is 0.238 e. The molecule has 1 saturated heterocycles. The van der Waals surface area contributed by atoms with Gasteiger partial charge in [-0.2, -0.15) is 0 Å². The molecule has 27 heavy (non-hydrogen) atoms. The lowest BCUT2D eigenvalue weighted by atomic mass is 10.1. The van der Waals surface area contributed by atoms with Crippen molar-refractivity contribution in [3.05, 3.63) is 63.6 Å². The molecule has 6 heteroatoms. The van der Waals surface area contributed by atoms with Crippen LogP contribution in [0.1, 0.15) is 17.5 Å². The summed E-state index contributed by atoms with van der Waals surface area (Å²) in [5, 5.41) is 3.76. The van der Waals surface area contributed by atoms with Crippen LogP contribution in [0.15, 0.2) is 42.5 Å². The molecule has 0 bridgehead atoms. The first kappa shape index (κ1) is 20.2. The fourth-order valence-corrected chi connectivity index (χ4v) is 3.86. The number of carbonyl (C=O) groups is 1. The minimum atomic E-state index is -0.0858. The molecule has 1 aliphatic rings. The average molecular weight is 406 g/mol. The number of carbonyl (C=O) groups excluding carboxylic acids is 1. The van der Waals surface area contributed by atoms with Crippen molar-refractivity contribution in [2.24, 2.45) is 0 Å². The first-order valence-corrected chi connectivity index (χ1v) is 10.0. The first-order valence-electron chi connectivity index (χ1n) is 9.26. The van der Waals surface area contributed by atoms with Gasteiger partial charge in [0.2, 0.25) is 5.91 Å². The van der Waals surface area contributed by atoms with Crippen LogP contribution in [0.25, 0.3) is 0 Å². The lowest BCUT2D eigenvalue weighted by molar-refractivity contribution is -0.117. The van der Waals surface area contributed by atoms with Gasteiger partial charge in [-0.15, -0.1) is 0 Å². The summed E-state index contributed by atoms with van der Waals surface area (Å²) in [6.45, 7) is 7.24. The van der Waals surface area contributed by atoms with Crippen LogP contribution in [0.4, 0.5) is 5.69 Å². The van der Waals surface area contributed by atoms with Crippen LogP contribution < -0.4 is 5.32 Å². The van der Waals surface area contributed by atoms with E-state index in [1.807, 2.05) is 0 Å². The number of hydrogen-bond acceptors (Lipinski definition) is 3. The summed E-state index contributed by atoms with van der Waals surface area (Å²) >= 11 is 12.3. The van der Waals surface area contributed by atoms with E-state index in [1.165, 1.54) is 11.1 Å². The predicted molar refractivity (Wildman–Crippen MR) is 113 cm³/mol. The molecule has 144 valence electrons. The predicted octanol–water partition coefficient (Wildman–Crippen LogP) is 4.45. The molecule has 0 radical (unpaired) electrons. The summed E-state index contributed by atoms with van der Waals surface area (Å²) in [4.78, 5) is 17.1. The van der Waals surface area contributed by atoms with E-state index in [-0.39, 0.29) is 5.91 Å². The topological polar surface area (TPSA) is 35.6 Å². The summed E-state index contributed by atoms with van der Waals surface area (Å²) in [6, 6.07) is 13.7. The van der Waals surface area contributed by atoms with E-state index in [2.05, 4.69) is 46.3 Å². The van der Waals surface area contributed by atoms with E-state index >= 15 is 0 Å². The molecule has 0 atom stereocenters. The zero-order valence-electron chi connectivity index (χ0n) is 15.5. The number of hydrogen-bond donors (Lipinski definition) is 1. The molecule has 4 nitrogen and oxygen atoms in total. The standard InChI is InChI=1S/C21H25Cl2N3O/c1-16-6-2-3-7-17(16)14-25-10-5-11-26(13-12-25)15-20(27)24-21-18(22)8-4-9-19(21)23/h2-4,6-9H,5,10-15H2,1H3,(H,24,27). The fourth-order valence-electron chi connectivity index (χ4n) is 3.37. The second-order valence-electron chi connectivity index (χ2n) is 6.98. The van der Waals surface area contributed by atoms with Crippen molar-refractivity contribution in [2.45, 2.75) is 19.9 Å². The van der Waals surface area contributed by atoms with Crippen molar-refractivity contribution in [3.63, 3.8) is 0 Å². The smallest absolute Gasteiger partial charge is 0.238 e. The van der Waals surface area contributed by atoms with E-state index in [1.54, 1.807) is 18.2 Å². The zero-order valence-corrected chi connectivity index (χ0v) is 17.1. The maximum absolute atomic E-state index is 12.4. The lowest BCUT2D eigenvalue weighted by Crippen LogP contribution is -2.36. The maximum atomic E-state index is 12.4. The third kappa shape index (κ3) is 5.69. The highest BCUT2D eigenvalue weighted by Gasteiger charge is 2.18. The van der Waals surface area contributed by atoms with E-state index in [0.29, 0.717) is 22.3 Å². The fraction of sp³-hybridized carbons (Fsp3) is 0.381. The number of amides is 1. The summed E-state index contributed by atoms with van der Waals surface area (Å²) < 4.78 is 0. The Morgan fingerprint density at radius 1 is 0.963 bits per heavy atom. The van der Waals surface area contributed by atoms with Crippen molar-refractivity contribution < 1.29 is 4.79 Å². The molecule has 1 heterocycles. The highest BCUT2D eigenvalue weighted by Crippen LogP contribution is 2.29. The third-order valence-electron chi connectivity index (χ3n) is 4.93. The lowest BCUT2D eigenvalue weighted by Gasteiger charge is -2.22. The second kappa shape index (κ2) is 9.56. The quantitative estimate of drug-likeness (QED) is 0.797. The molecule has 1 N–H and O–H groups in total. The minimum absolute atomic E-state index is 0.0858. The summed E-state index contributed by atoms with van der Waals surface area (Å²) in [7, 11) is 0. The Kier molecular flexibility index (Phi) is 7.13. The Morgan fingerprint density at radius 2 is 1.63 bits per heavy atom. The Morgan fingerprint density at radius 3 is 2.37 bits per heavy atom. The Balaban J connectivity index is 1.52. The molecule has 0 aromatic heterocycles. The zero-order chi connectivity index (χ0) is 19.2. The molecule has 2 aromatic carbocycles. The van der Waals surface area contributed by atoms with Gasteiger partial charge < -0.3 is 5.32 Å². The first-order chi connectivity index (χ1) is 13.0. The average Bonchev–Trinajstić information content (AvgIpc) is 2.85. The van der Waals surface area contributed by atoms with Gasteiger partial charge in [-0.05, 0) is 49.7 Å². The molecule has 1 aliphatic heterocycles. The molecule has 2 aromatic rings. The number of nitrogens with one attached hydrogen (secondary N) is 1. The van der Waals surface area contributed by atoms with Crippen molar-refractivity contribution in [2.75, 3.05) is 38.0 Å². The van der Waals surface area contributed by atoms with Crippen LogP contribution in [0.5, 0.6) is 0 Å². The number of benzene rings is 2. The minimum Gasteiger partial charge on any atom is -0.322 e. The monoisotopic (exact) mass is 405 g/mol. The number of halogens is 2. The van der Waals surface area contributed by atoms with E-state index in [4.69, 9.17) is 23.2 Å². The van der Waals surface area contributed by atoms with Crippen LogP contribution in [-0.4, -0.2) is 48.4 Å². The van der Waals surface area contributed by atoms with E-state index < -0.39 is 0 Å². The summed E-state index contributed by atoms with van der Waals surface area (Å²) in [6.07, 6.45) is 1.05. The highest BCUT2D eigenvalue weighted by molar-refractivity contribution is 6.39. The number of anilines is 1. The molecular formula is C21H25Cl2N3O. The Hall–Kier alpha value is -1.59. The van der Waals surface area contributed by atoms with Gasteiger partial charge in [0.05, 0.1) is 22.3 Å². The van der Waals surface area contributed by atoms with Gasteiger partial charge in [0.1, 0.15) is 0 Å². The molecule has 0 aliphatic carbocycles. The summed E-state index contributed by atoms with van der Waals surface area (Å²) in [5.41, 5.74) is 3.19. The van der Waals surface area contributed by atoms with Gasteiger partial charge in [0, 0.05) is 19.6 Å². The van der Waals surface area contributed by atoms with E-state index in [9.17, 15) is 4.79 Å². The molecule has 0 unspecified atom stereocenters. The molecule has 0 spiro atoms. The second-order valence-corrected chi connectivity index (χ2v) is 7.79. The van der Waals surface area contributed by atoms with Gasteiger partial charge >= 0.3 is 0 Å². The van der Waals surface area contributed by atoms with Gasteiger partial charge in [0.15, 0.2) is 0 Å². The molecule has 3 rings (SSSR count). The van der Waals surface area contributed by atoms with Gasteiger partial charge in [-0.1, -0.05) is 53.5 Å². The largest absolute Gasteiger partial charge is 0.322 e. The van der Waals surface area contributed by atoms with Gasteiger partial charge in [0.25, 0.3) is 0 Å². The van der Waals surface area contributed by atoms with Crippen LogP contribution in [0, 0.1) is 6.92 Å². The van der Waals surface area contributed by atoms with Gasteiger partial charge in [-0.25, -0.2) is 0 Å². The normalized spacial score (nSPS) is 16.1. The number of aryl methyl sites for hydroxylation is 1. The SMILES string of the molecule is Cc1ccccc1CN1CCCN(CC(=O)Nc2c(Cl)cccc2Cl)CC1. The number of para-hydroxylation sites is 1. The number of rotatable bonds is 5. The highest BCUT2D eigenvalue weighted by atomic mass is 35.5. The van der Waals surface area contributed by atoms with Gasteiger partial charge in [-0.3, -0.25) is 14.6 Å².